The lowest BCUT2D eigenvalue weighted by atomic mass is 10.1. The molecule has 0 saturated heterocycles. The molecular formula is C16H28N4O. The lowest BCUT2D eigenvalue weighted by Crippen LogP contribution is -2.38. The van der Waals surface area contributed by atoms with Crippen molar-refractivity contribution in [3.8, 4) is 0 Å². The SMILES string of the molecule is CC(C)NC(=O)CN(C)c1ccc(CNC(C)(C)C)cn1. The molecule has 0 bridgehead atoms. The molecule has 0 unspecified atom stereocenters. The van der Waals surface area contributed by atoms with Gasteiger partial charge in [0.1, 0.15) is 5.82 Å². The van der Waals surface area contributed by atoms with Gasteiger partial charge in [0, 0.05) is 31.4 Å². The van der Waals surface area contributed by atoms with E-state index in [1.54, 1.807) is 0 Å². The molecule has 0 aliphatic carbocycles. The molecule has 0 aromatic carbocycles. The third kappa shape index (κ3) is 7.09. The number of carbonyl (C=O) groups is 1. The van der Waals surface area contributed by atoms with Gasteiger partial charge in [-0.1, -0.05) is 6.07 Å². The molecule has 5 heteroatoms. The van der Waals surface area contributed by atoms with Gasteiger partial charge in [-0.05, 0) is 46.2 Å². The number of hydrogen-bond donors (Lipinski definition) is 2. The van der Waals surface area contributed by atoms with Crippen LogP contribution in [0, 0.1) is 0 Å². The second-order valence-electron chi connectivity index (χ2n) is 6.71. The fourth-order valence-corrected chi connectivity index (χ4v) is 1.78. The van der Waals surface area contributed by atoms with E-state index in [0.717, 1.165) is 17.9 Å². The summed E-state index contributed by atoms with van der Waals surface area (Å²) in [6, 6.07) is 4.14. The number of nitrogens with one attached hydrogen (secondary N) is 2. The van der Waals surface area contributed by atoms with Crippen molar-refractivity contribution in [1.82, 2.24) is 15.6 Å². The van der Waals surface area contributed by atoms with Crippen LogP contribution in [0.25, 0.3) is 0 Å². The van der Waals surface area contributed by atoms with Gasteiger partial charge in [0.15, 0.2) is 0 Å². The Labute approximate surface area is 128 Å². The van der Waals surface area contributed by atoms with Crippen LogP contribution in [0.2, 0.25) is 0 Å². The van der Waals surface area contributed by atoms with Crippen LogP contribution in [0.1, 0.15) is 40.2 Å². The molecule has 118 valence electrons. The van der Waals surface area contributed by atoms with Crippen molar-refractivity contribution in [2.45, 2.75) is 52.7 Å². The van der Waals surface area contributed by atoms with Crippen LogP contribution in [-0.2, 0) is 11.3 Å². The van der Waals surface area contributed by atoms with E-state index in [2.05, 4.69) is 36.4 Å². The molecule has 21 heavy (non-hydrogen) atoms. The lowest BCUT2D eigenvalue weighted by Gasteiger charge is -2.21. The summed E-state index contributed by atoms with van der Waals surface area (Å²) in [7, 11) is 1.87. The summed E-state index contributed by atoms with van der Waals surface area (Å²) >= 11 is 0. The average Bonchev–Trinajstić information content (AvgIpc) is 2.35. The van der Waals surface area contributed by atoms with Gasteiger partial charge >= 0.3 is 0 Å². The van der Waals surface area contributed by atoms with Gasteiger partial charge in [-0.25, -0.2) is 4.98 Å². The van der Waals surface area contributed by atoms with Crippen LogP contribution < -0.4 is 15.5 Å². The van der Waals surface area contributed by atoms with E-state index >= 15 is 0 Å². The number of carbonyl (C=O) groups excluding carboxylic acids is 1. The zero-order valence-corrected chi connectivity index (χ0v) is 14.0. The number of nitrogens with zero attached hydrogens (tertiary/aromatic N) is 2. The first-order valence-corrected chi connectivity index (χ1v) is 7.38. The number of aromatic nitrogens is 1. The Morgan fingerprint density at radius 2 is 2.00 bits per heavy atom. The highest BCUT2D eigenvalue weighted by Gasteiger charge is 2.11. The Morgan fingerprint density at radius 1 is 1.33 bits per heavy atom. The van der Waals surface area contributed by atoms with Gasteiger partial charge in [0.05, 0.1) is 6.54 Å². The van der Waals surface area contributed by atoms with Crippen LogP contribution in [-0.4, -0.2) is 36.1 Å². The summed E-state index contributed by atoms with van der Waals surface area (Å²) in [5, 5.41) is 6.30. The van der Waals surface area contributed by atoms with Gasteiger partial charge in [0.25, 0.3) is 0 Å². The zero-order valence-electron chi connectivity index (χ0n) is 14.0. The van der Waals surface area contributed by atoms with Crippen LogP contribution >= 0.6 is 0 Å². The predicted octanol–water partition coefficient (Wildman–Crippen LogP) is 1.93. The second kappa shape index (κ2) is 7.41. The molecule has 1 heterocycles. The van der Waals surface area contributed by atoms with Gasteiger partial charge < -0.3 is 15.5 Å². The van der Waals surface area contributed by atoms with Crippen molar-refractivity contribution in [2.24, 2.45) is 0 Å². The van der Waals surface area contributed by atoms with E-state index in [4.69, 9.17) is 0 Å². The van der Waals surface area contributed by atoms with Crippen molar-refractivity contribution < 1.29 is 4.79 Å². The molecule has 0 aliphatic heterocycles. The number of anilines is 1. The maximum absolute atomic E-state index is 11.7. The van der Waals surface area contributed by atoms with Gasteiger partial charge in [-0.15, -0.1) is 0 Å². The highest BCUT2D eigenvalue weighted by molar-refractivity contribution is 5.81. The number of hydrogen-bond acceptors (Lipinski definition) is 4. The molecule has 1 aromatic heterocycles. The minimum absolute atomic E-state index is 0.00720. The Kier molecular flexibility index (Phi) is 6.15. The summed E-state index contributed by atoms with van der Waals surface area (Å²) in [6.07, 6.45) is 1.85. The second-order valence-corrected chi connectivity index (χ2v) is 6.71. The van der Waals surface area contributed by atoms with E-state index in [0.29, 0.717) is 6.54 Å². The first kappa shape index (κ1) is 17.4. The number of rotatable bonds is 6. The molecule has 5 nitrogen and oxygen atoms in total. The normalized spacial score (nSPS) is 11.6. The summed E-state index contributed by atoms with van der Waals surface area (Å²) in [6.45, 7) is 11.4. The molecule has 0 atom stereocenters. The van der Waals surface area contributed by atoms with Gasteiger partial charge in [0.2, 0.25) is 5.91 Å². The fraction of sp³-hybridized carbons (Fsp3) is 0.625. The van der Waals surface area contributed by atoms with Crippen LogP contribution in [0.5, 0.6) is 0 Å². The molecular weight excluding hydrogens is 264 g/mol. The summed E-state index contributed by atoms with van der Waals surface area (Å²) in [5.74, 6) is 0.807. The van der Waals surface area contributed by atoms with Crippen molar-refractivity contribution >= 4 is 11.7 Å². The molecule has 1 aromatic rings. The van der Waals surface area contributed by atoms with Crippen molar-refractivity contribution in [3.63, 3.8) is 0 Å². The predicted molar refractivity (Wildman–Crippen MR) is 87.4 cm³/mol. The summed E-state index contributed by atoms with van der Waals surface area (Å²) in [5.41, 5.74) is 1.22. The molecule has 0 aliphatic rings. The quantitative estimate of drug-likeness (QED) is 0.841. The third-order valence-electron chi connectivity index (χ3n) is 2.85. The standard InChI is InChI=1S/C16H28N4O/c1-12(2)19-15(21)11-20(6)14-8-7-13(9-17-14)10-18-16(3,4)5/h7-9,12,18H,10-11H2,1-6H3,(H,19,21). The number of amides is 1. The van der Waals surface area contributed by atoms with Crippen molar-refractivity contribution in [2.75, 3.05) is 18.5 Å². The topological polar surface area (TPSA) is 57.3 Å². The van der Waals surface area contributed by atoms with E-state index < -0.39 is 0 Å². The summed E-state index contributed by atoms with van der Waals surface area (Å²) < 4.78 is 0. The third-order valence-corrected chi connectivity index (χ3v) is 2.85. The van der Waals surface area contributed by atoms with Crippen LogP contribution in [0.4, 0.5) is 5.82 Å². The Balaban J connectivity index is 2.55. The Bertz CT molecular complexity index is 448. The van der Waals surface area contributed by atoms with Crippen molar-refractivity contribution in [1.29, 1.82) is 0 Å². The maximum Gasteiger partial charge on any atom is 0.239 e. The fourth-order valence-electron chi connectivity index (χ4n) is 1.78. The minimum Gasteiger partial charge on any atom is -0.352 e. The molecule has 0 radical (unpaired) electrons. The maximum atomic E-state index is 11.7. The Hall–Kier alpha value is -1.62. The lowest BCUT2D eigenvalue weighted by molar-refractivity contribution is -0.120. The average molecular weight is 292 g/mol. The smallest absolute Gasteiger partial charge is 0.239 e. The van der Waals surface area contributed by atoms with E-state index in [1.165, 1.54) is 0 Å². The first-order valence-electron chi connectivity index (χ1n) is 7.38. The number of likely N-dealkylation sites (N-methyl/N-ethyl adjacent to an activating group) is 1. The van der Waals surface area contributed by atoms with Crippen LogP contribution in [0.3, 0.4) is 0 Å². The molecule has 1 rings (SSSR count). The monoisotopic (exact) mass is 292 g/mol. The zero-order chi connectivity index (χ0) is 16.0. The van der Waals surface area contributed by atoms with E-state index in [1.807, 2.05) is 44.1 Å². The molecule has 1 amide bonds. The first-order chi connectivity index (χ1) is 9.67. The van der Waals surface area contributed by atoms with Crippen molar-refractivity contribution in [3.05, 3.63) is 23.9 Å². The van der Waals surface area contributed by atoms with E-state index in [9.17, 15) is 4.79 Å². The highest BCUT2D eigenvalue weighted by Crippen LogP contribution is 2.10. The number of pyridine rings is 1. The molecule has 2 N–H and O–H groups in total. The minimum atomic E-state index is 0.00720. The molecule has 0 fully saturated rings. The summed E-state index contributed by atoms with van der Waals surface area (Å²) in [4.78, 5) is 18.0. The molecule has 0 saturated carbocycles. The van der Waals surface area contributed by atoms with Gasteiger partial charge in [-0.3, -0.25) is 4.79 Å². The largest absolute Gasteiger partial charge is 0.352 e. The van der Waals surface area contributed by atoms with E-state index in [-0.39, 0.29) is 17.5 Å². The van der Waals surface area contributed by atoms with Gasteiger partial charge in [-0.2, -0.15) is 0 Å². The molecule has 0 spiro atoms. The van der Waals surface area contributed by atoms with Crippen LogP contribution in [0.15, 0.2) is 18.3 Å². The highest BCUT2D eigenvalue weighted by atomic mass is 16.2. The Morgan fingerprint density at radius 3 is 2.48 bits per heavy atom.